The van der Waals surface area contributed by atoms with Gasteiger partial charge in [-0.25, -0.2) is 0 Å². The number of rotatable bonds is 5. The first kappa shape index (κ1) is 21.5. The molecule has 160 valence electrons. The van der Waals surface area contributed by atoms with Crippen LogP contribution in [0.1, 0.15) is 30.1 Å². The zero-order chi connectivity index (χ0) is 21.8. The Morgan fingerprint density at radius 3 is 2.70 bits per heavy atom. The van der Waals surface area contributed by atoms with E-state index in [1.807, 2.05) is 0 Å². The number of carbonyl (C=O) groups is 3. The number of piperidine rings is 1. The minimum absolute atomic E-state index is 0.127. The molecule has 1 atom stereocenters. The number of ether oxygens (including phenoxy) is 1. The summed E-state index contributed by atoms with van der Waals surface area (Å²) in [7, 11) is 3.20. The van der Waals surface area contributed by atoms with Crippen molar-refractivity contribution in [2.24, 2.45) is 13.0 Å². The fourth-order valence-corrected chi connectivity index (χ4v) is 3.82. The Morgan fingerprint density at radius 2 is 1.97 bits per heavy atom. The molecule has 3 rings (SSSR count). The van der Waals surface area contributed by atoms with E-state index in [1.54, 1.807) is 50.2 Å². The lowest BCUT2D eigenvalue weighted by molar-refractivity contribution is -0.151. The number of nitrogens with zero attached hydrogens (tertiary/aromatic N) is 3. The molecule has 1 saturated heterocycles. The first-order valence-electron chi connectivity index (χ1n) is 10.1. The van der Waals surface area contributed by atoms with Gasteiger partial charge in [0, 0.05) is 38.6 Å². The number of fused-ring (bicyclic) bond motifs is 1. The van der Waals surface area contributed by atoms with E-state index in [0.717, 1.165) is 0 Å². The summed E-state index contributed by atoms with van der Waals surface area (Å²) in [6.07, 6.45) is 1.41. The Morgan fingerprint density at radius 1 is 1.23 bits per heavy atom. The van der Waals surface area contributed by atoms with Gasteiger partial charge in [-0.1, -0.05) is 18.2 Å². The van der Waals surface area contributed by atoms with E-state index >= 15 is 0 Å². The van der Waals surface area contributed by atoms with Gasteiger partial charge in [-0.3, -0.25) is 19.2 Å². The number of likely N-dealkylation sites (N-methyl/N-ethyl adjacent to an activating group) is 1. The van der Waals surface area contributed by atoms with Crippen LogP contribution in [-0.4, -0.2) is 65.4 Å². The van der Waals surface area contributed by atoms with E-state index < -0.39 is 5.91 Å². The fourth-order valence-electron chi connectivity index (χ4n) is 3.82. The maximum atomic E-state index is 13.0. The monoisotopic (exact) mass is 413 g/mol. The lowest BCUT2D eigenvalue weighted by Gasteiger charge is -2.32. The van der Waals surface area contributed by atoms with Crippen LogP contribution >= 0.6 is 0 Å². The summed E-state index contributed by atoms with van der Waals surface area (Å²) in [4.78, 5) is 53.0. The van der Waals surface area contributed by atoms with Gasteiger partial charge in [0.1, 0.15) is 0 Å². The molecule has 1 fully saturated rings. The number of aromatic nitrogens is 1. The van der Waals surface area contributed by atoms with Crippen LogP contribution in [0.15, 0.2) is 35.1 Å². The van der Waals surface area contributed by atoms with Crippen LogP contribution in [0.5, 0.6) is 0 Å². The second kappa shape index (κ2) is 9.11. The van der Waals surface area contributed by atoms with Crippen molar-refractivity contribution in [1.82, 2.24) is 14.4 Å². The molecular formula is C22H27N3O5. The quantitative estimate of drug-likeness (QED) is 0.692. The van der Waals surface area contributed by atoms with Gasteiger partial charge < -0.3 is 19.1 Å². The number of hydrogen-bond donors (Lipinski definition) is 0. The van der Waals surface area contributed by atoms with Crippen LogP contribution in [0.3, 0.4) is 0 Å². The maximum Gasteiger partial charge on any atom is 0.310 e. The molecule has 1 unspecified atom stereocenters. The van der Waals surface area contributed by atoms with E-state index in [2.05, 4.69) is 0 Å². The molecule has 0 N–H and O–H groups in total. The molecule has 2 amide bonds. The van der Waals surface area contributed by atoms with Crippen LogP contribution in [0.25, 0.3) is 10.9 Å². The van der Waals surface area contributed by atoms with Crippen molar-refractivity contribution in [1.29, 1.82) is 0 Å². The number of hydrogen-bond acceptors (Lipinski definition) is 5. The molecule has 1 aromatic carbocycles. The van der Waals surface area contributed by atoms with Crippen LogP contribution in [0.4, 0.5) is 0 Å². The predicted molar refractivity (Wildman–Crippen MR) is 112 cm³/mol. The average molecular weight is 413 g/mol. The summed E-state index contributed by atoms with van der Waals surface area (Å²) >= 11 is 0. The summed E-state index contributed by atoms with van der Waals surface area (Å²) < 4.78 is 6.56. The number of esters is 1. The van der Waals surface area contributed by atoms with Gasteiger partial charge in [0.15, 0.2) is 0 Å². The fraction of sp³-hybridized carbons (Fsp3) is 0.455. The number of benzene rings is 1. The molecular weight excluding hydrogens is 386 g/mol. The van der Waals surface area contributed by atoms with Crippen LogP contribution in [0.2, 0.25) is 0 Å². The molecule has 1 aromatic heterocycles. The van der Waals surface area contributed by atoms with Crippen molar-refractivity contribution in [3.63, 3.8) is 0 Å². The summed E-state index contributed by atoms with van der Waals surface area (Å²) in [6.45, 7) is 2.79. The highest BCUT2D eigenvalue weighted by Gasteiger charge is 2.30. The Balaban J connectivity index is 1.74. The van der Waals surface area contributed by atoms with Gasteiger partial charge in [-0.15, -0.1) is 0 Å². The van der Waals surface area contributed by atoms with E-state index in [4.69, 9.17) is 4.74 Å². The molecule has 0 aliphatic carbocycles. The molecule has 2 aromatic rings. The smallest absolute Gasteiger partial charge is 0.310 e. The number of carbonyl (C=O) groups excluding carboxylic acids is 3. The summed E-state index contributed by atoms with van der Waals surface area (Å²) in [6, 6.07) is 8.48. The van der Waals surface area contributed by atoms with Crippen LogP contribution in [-0.2, 0) is 21.4 Å². The third-order valence-electron chi connectivity index (χ3n) is 5.50. The topological polar surface area (TPSA) is 88.9 Å². The number of para-hydroxylation sites is 1. The summed E-state index contributed by atoms with van der Waals surface area (Å²) in [5.41, 5.74) is 0.638. The Kier molecular flexibility index (Phi) is 6.54. The molecule has 8 heteroatoms. The van der Waals surface area contributed by atoms with Gasteiger partial charge in [-0.2, -0.15) is 0 Å². The summed E-state index contributed by atoms with van der Waals surface area (Å²) in [5, 5.41) is 0.657. The Bertz CT molecular complexity index is 1030. The third-order valence-corrected chi connectivity index (χ3v) is 5.50. The second-order valence-corrected chi connectivity index (χ2v) is 7.56. The lowest BCUT2D eigenvalue weighted by atomic mass is 9.98. The third kappa shape index (κ3) is 4.37. The molecule has 8 nitrogen and oxygen atoms in total. The molecule has 0 spiro atoms. The van der Waals surface area contributed by atoms with E-state index in [-0.39, 0.29) is 35.5 Å². The largest absolute Gasteiger partial charge is 0.466 e. The molecule has 0 bridgehead atoms. The lowest BCUT2D eigenvalue weighted by Crippen LogP contribution is -2.47. The van der Waals surface area contributed by atoms with Crippen molar-refractivity contribution in [2.45, 2.75) is 19.8 Å². The molecule has 2 heterocycles. The number of amides is 2. The number of aryl methyl sites for hydroxylation is 1. The van der Waals surface area contributed by atoms with E-state index in [0.29, 0.717) is 43.4 Å². The van der Waals surface area contributed by atoms with Crippen molar-refractivity contribution >= 4 is 28.7 Å². The minimum Gasteiger partial charge on any atom is -0.466 e. The normalized spacial score (nSPS) is 16.4. The van der Waals surface area contributed by atoms with E-state index in [9.17, 15) is 19.2 Å². The second-order valence-electron chi connectivity index (χ2n) is 7.56. The zero-order valence-electron chi connectivity index (χ0n) is 17.6. The highest BCUT2D eigenvalue weighted by Crippen LogP contribution is 2.20. The number of pyridine rings is 1. The molecule has 1 aliphatic rings. The van der Waals surface area contributed by atoms with Crippen molar-refractivity contribution in [2.75, 3.05) is 33.3 Å². The molecule has 1 aliphatic heterocycles. The highest BCUT2D eigenvalue weighted by molar-refractivity contribution is 6.06. The van der Waals surface area contributed by atoms with Crippen LogP contribution in [0, 0.1) is 5.92 Å². The van der Waals surface area contributed by atoms with Crippen LogP contribution < -0.4 is 5.56 Å². The maximum absolute atomic E-state index is 13.0. The van der Waals surface area contributed by atoms with Gasteiger partial charge in [0.25, 0.3) is 11.5 Å². The number of likely N-dealkylation sites (tertiary alicyclic amines) is 1. The Hall–Kier alpha value is -3.16. The van der Waals surface area contributed by atoms with Crippen molar-refractivity contribution in [3.8, 4) is 0 Å². The van der Waals surface area contributed by atoms with Gasteiger partial charge in [0.05, 0.1) is 30.1 Å². The predicted octanol–water partition coefficient (Wildman–Crippen LogP) is 1.41. The molecule has 30 heavy (non-hydrogen) atoms. The first-order valence-corrected chi connectivity index (χ1v) is 10.1. The standard InChI is InChI=1S/C22H27N3O5/c1-4-30-22(29)15-8-7-11-25(13-15)20(27)14-23(2)21(28)17-12-19(26)24(3)18-10-6-5-9-16(17)18/h5-6,9-10,12,15H,4,7-8,11,13-14H2,1-3H3. The Labute approximate surface area is 175 Å². The molecule has 0 saturated carbocycles. The van der Waals surface area contributed by atoms with E-state index in [1.165, 1.54) is 15.5 Å². The summed E-state index contributed by atoms with van der Waals surface area (Å²) in [5.74, 6) is -1.24. The zero-order valence-corrected chi connectivity index (χ0v) is 17.6. The minimum atomic E-state index is -0.392. The first-order chi connectivity index (χ1) is 14.3. The van der Waals surface area contributed by atoms with Gasteiger partial charge >= 0.3 is 5.97 Å². The van der Waals surface area contributed by atoms with Gasteiger partial charge in [0.2, 0.25) is 5.91 Å². The van der Waals surface area contributed by atoms with Gasteiger partial charge in [-0.05, 0) is 25.8 Å². The average Bonchev–Trinajstić information content (AvgIpc) is 2.76. The van der Waals surface area contributed by atoms with Crippen molar-refractivity contribution in [3.05, 3.63) is 46.2 Å². The SMILES string of the molecule is CCOC(=O)C1CCCN(C(=O)CN(C)C(=O)c2cc(=O)n(C)c3ccccc23)C1. The highest BCUT2D eigenvalue weighted by atomic mass is 16.5. The molecule has 0 radical (unpaired) electrons. The van der Waals surface area contributed by atoms with Crippen molar-refractivity contribution < 1.29 is 19.1 Å².